The summed E-state index contributed by atoms with van der Waals surface area (Å²) in [5, 5.41) is 2.52. The number of carbonyl (C=O) groups is 2. The van der Waals surface area contributed by atoms with E-state index in [-0.39, 0.29) is 23.0 Å². The zero-order chi connectivity index (χ0) is 18.2. The van der Waals surface area contributed by atoms with Gasteiger partial charge in [-0.1, -0.05) is 30.3 Å². The standard InChI is InChI=1S/C17H18N6O2/c1-11(24)14(12-5-3-2-4-6-12)22-10-13(9-18)23-17(25)15-16(19)21-8-7-20-15/h2-10,14H,18H2,1H3,(H2,19,21)(H,23,25)/b13-9+,22-10?. The van der Waals surface area contributed by atoms with E-state index >= 15 is 0 Å². The molecule has 2 rings (SSSR count). The molecule has 0 aliphatic heterocycles. The van der Waals surface area contributed by atoms with E-state index in [4.69, 9.17) is 11.5 Å². The van der Waals surface area contributed by atoms with Gasteiger partial charge in [0.1, 0.15) is 6.04 Å². The highest BCUT2D eigenvalue weighted by molar-refractivity contribution is 6.00. The lowest BCUT2D eigenvalue weighted by Gasteiger charge is -2.10. The van der Waals surface area contributed by atoms with E-state index in [9.17, 15) is 9.59 Å². The molecule has 1 unspecified atom stereocenters. The molecule has 0 bridgehead atoms. The van der Waals surface area contributed by atoms with Gasteiger partial charge in [-0.2, -0.15) is 0 Å². The van der Waals surface area contributed by atoms with Crippen LogP contribution in [0.4, 0.5) is 5.82 Å². The maximum absolute atomic E-state index is 12.2. The zero-order valence-corrected chi connectivity index (χ0v) is 13.6. The molecule has 1 heterocycles. The van der Waals surface area contributed by atoms with Crippen molar-refractivity contribution < 1.29 is 9.59 Å². The van der Waals surface area contributed by atoms with Gasteiger partial charge in [0, 0.05) is 24.8 Å². The lowest BCUT2D eigenvalue weighted by molar-refractivity contribution is -0.118. The number of nitrogens with zero attached hydrogens (tertiary/aromatic N) is 3. The highest BCUT2D eigenvalue weighted by Gasteiger charge is 2.16. The van der Waals surface area contributed by atoms with Gasteiger partial charge in [-0.15, -0.1) is 0 Å². The van der Waals surface area contributed by atoms with Gasteiger partial charge in [0.05, 0.1) is 5.70 Å². The molecule has 8 nitrogen and oxygen atoms in total. The summed E-state index contributed by atoms with van der Waals surface area (Å²) in [6, 6.07) is 8.40. The van der Waals surface area contributed by atoms with Crippen molar-refractivity contribution >= 4 is 23.7 Å². The first-order valence-corrected chi connectivity index (χ1v) is 7.41. The number of rotatable bonds is 6. The lowest BCUT2D eigenvalue weighted by atomic mass is 10.0. The van der Waals surface area contributed by atoms with Crippen molar-refractivity contribution in [1.82, 2.24) is 15.3 Å². The number of benzene rings is 1. The van der Waals surface area contributed by atoms with Crippen molar-refractivity contribution in [2.75, 3.05) is 5.73 Å². The third-order valence-corrected chi connectivity index (χ3v) is 3.24. The third-order valence-electron chi connectivity index (χ3n) is 3.24. The van der Waals surface area contributed by atoms with Crippen LogP contribution in [0.25, 0.3) is 0 Å². The van der Waals surface area contributed by atoms with E-state index < -0.39 is 11.9 Å². The number of aromatic nitrogens is 2. The van der Waals surface area contributed by atoms with Gasteiger partial charge in [0.25, 0.3) is 5.91 Å². The number of amides is 1. The number of hydrogen-bond donors (Lipinski definition) is 3. The Morgan fingerprint density at radius 3 is 2.48 bits per heavy atom. The number of anilines is 1. The first-order chi connectivity index (χ1) is 12.0. The van der Waals surface area contributed by atoms with Gasteiger partial charge in [-0.05, 0) is 12.5 Å². The van der Waals surface area contributed by atoms with Crippen LogP contribution in [0.3, 0.4) is 0 Å². The molecule has 1 atom stereocenters. The fourth-order valence-electron chi connectivity index (χ4n) is 2.05. The lowest BCUT2D eigenvalue weighted by Crippen LogP contribution is -2.26. The number of hydrogen-bond acceptors (Lipinski definition) is 7. The molecule has 128 valence electrons. The van der Waals surface area contributed by atoms with Gasteiger partial charge in [-0.3, -0.25) is 14.6 Å². The van der Waals surface area contributed by atoms with Crippen LogP contribution in [-0.4, -0.2) is 27.9 Å². The number of nitrogens with two attached hydrogens (primary N) is 2. The Labute approximate surface area is 144 Å². The summed E-state index contributed by atoms with van der Waals surface area (Å²) in [4.78, 5) is 35.9. The number of Topliss-reactive ketones (excluding diaryl/α,β-unsaturated/α-hetero) is 1. The number of aliphatic imine (C=N–C) groups is 1. The van der Waals surface area contributed by atoms with Crippen LogP contribution in [0.15, 0.2) is 59.6 Å². The molecule has 0 aliphatic rings. The summed E-state index contributed by atoms with van der Waals surface area (Å²) in [5.74, 6) is -0.713. The van der Waals surface area contributed by atoms with Crippen LogP contribution in [0.1, 0.15) is 29.0 Å². The summed E-state index contributed by atoms with van der Waals surface area (Å²) < 4.78 is 0. The molecule has 1 amide bonds. The predicted octanol–water partition coefficient (Wildman–Crippen LogP) is 0.990. The van der Waals surface area contributed by atoms with Crippen LogP contribution >= 0.6 is 0 Å². The van der Waals surface area contributed by atoms with Crippen molar-refractivity contribution in [3.8, 4) is 0 Å². The smallest absolute Gasteiger partial charge is 0.278 e. The van der Waals surface area contributed by atoms with Gasteiger partial charge < -0.3 is 16.8 Å². The maximum Gasteiger partial charge on any atom is 0.278 e. The molecule has 2 aromatic rings. The molecule has 0 radical (unpaired) electrons. The maximum atomic E-state index is 12.2. The summed E-state index contributed by atoms with van der Waals surface area (Å²) in [6.07, 6.45) is 5.22. The van der Waals surface area contributed by atoms with Crippen molar-refractivity contribution in [3.63, 3.8) is 0 Å². The van der Waals surface area contributed by atoms with Crippen LogP contribution in [0.5, 0.6) is 0 Å². The SMILES string of the molecule is CC(=O)C(N=C/C(=C\N)NC(=O)c1nccnc1N)c1ccccc1. The van der Waals surface area contributed by atoms with Crippen molar-refractivity contribution in [2.45, 2.75) is 13.0 Å². The summed E-state index contributed by atoms with van der Waals surface area (Å²) in [7, 11) is 0. The molecule has 8 heteroatoms. The van der Waals surface area contributed by atoms with Gasteiger partial charge in [0.15, 0.2) is 17.3 Å². The van der Waals surface area contributed by atoms with Crippen molar-refractivity contribution in [3.05, 3.63) is 65.9 Å². The minimum atomic E-state index is -0.686. The van der Waals surface area contributed by atoms with Crippen LogP contribution < -0.4 is 16.8 Å². The van der Waals surface area contributed by atoms with Gasteiger partial charge in [0.2, 0.25) is 0 Å². The van der Waals surface area contributed by atoms with Gasteiger partial charge in [-0.25, -0.2) is 9.97 Å². The third kappa shape index (κ3) is 4.71. The molecule has 5 N–H and O–H groups in total. The normalized spacial score (nSPS) is 12.8. The quantitative estimate of drug-likeness (QED) is 0.672. The first-order valence-electron chi connectivity index (χ1n) is 7.41. The minimum absolute atomic E-state index is 0.000733. The zero-order valence-electron chi connectivity index (χ0n) is 13.6. The van der Waals surface area contributed by atoms with Crippen LogP contribution in [0, 0.1) is 0 Å². The number of nitrogen functional groups attached to an aromatic ring is 1. The fourth-order valence-corrected chi connectivity index (χ4v) is 2.05. The Morgan fingerprint density at radius 1 is 1.20 bits per heavy atom. The van der Waals surface area contributed by atoms with Crippen LogP contribution in [-0.2, 0) is 4.79 Å². The van der Waals surface area contributed by atoms with E-state index in [1.54, 1.807) is 12.1 Å². The highest BCUT2D eigenvalue weighted by atomic mass is 16.2. The number of allylic oxidation sites excluding steroid dienone is 1. The second-order valence-corrected chi connectivity index (χ2v) is 5.07. The number of ketones is 1. The summed E-state index contributed by atoms with van der Waals surface area (Å²) >= 11 is 0. The molecule has 25 heavy (non-hydrogen) atoms. The molecule has 0 fully saturated rings. The fraction of sp³-hybridized carbons (Fsp3) is 0.118. The Bertz CT molecular complexity index is 817. The molecule has 1 aromatic carbocycles. The Kier molecular flexibility index (Phi) is 5.94. The molecule has 1 aromatic heterocycles. The first kappa shape index (κ1) is 17.8. The highest BCUT2D eigenvalue weighted by Crippen LogP contribution is 2.17. The van der Waals surface area contributed by atoms with Crippen molar-refractivity contribution in [1.29, 1.82) is 0 Å². The topological polar surface area (TPSA) is 136 Å². The Hall–Kier alpha value is -3.55. The molecule has 0 saturated heterocycles. The monoisotopic (exact) mass is 338 g/mol. The van der Waals surface area contributed by atoms with E-state index in [0.717, 1.165) is 11.8 Å². The van der Waals surface area contributed by atoms with Crippen LogP contribution in [0.2, 0.25) is 0 Å². The molecule has 0 spiro atoms. The second kappa shape index (κ2) is 8.34. The molecular formula is C17H18N6O2. The van der Waals surface area contributed by atoms with E-state index in [2.05, 4.69) is 20.3 Å². The Balaban J connectivity index is 2.15. The molecule has 0 saturated carbocycles. The largest absolute Gasteiger partial charge is 0.403 e. The van der Waals surface area contributed by atoms with E-state index in [1.165, 1.54) is 25.5 Å². The minimum Gasteiger partial charge on any atom is -0.403 e. The summed E-state index contributed by atoms with van der Waals surface area (Å²) in [5.41, 5.74) is 12.1. The average Bonchev–Trinajstić information content (AvgIpc) is 2.61. The molecular weight excluding hydrogens is 320 g/mol. The van der Waals surface area contributed by atoms with Crippen molar-refractivity contribution in [2.24, 2.45) is 10.7 Å². The van der Waals surface area contributed by atoms with E-state index in [0.29, 0.717) is 0 Å². The predicted molar refractivity (Wildman–Crippen MR) is 94.5 cm³/mol. The van der Waals surface area contributed by atoms with E-state index in [1.807, 2.05) is 18.2 Å². The number of carbonyl (C=O) groups excluding carboxylic acids is 2. The van der Waals surface area contributed by atoms with Gasteiger partial charge >= 0.3 is 0 Å². The average molecular weight is 338 g/mol. The summed E-state index contributed by atoms with van der Waals surface area (Å²) in [6.45, 7) is 1.44. The second-order valence-electron chi connectivity index (χ2n) is 5.07. The Morgan fingerprint density at radius 2 is 1.88 bits per heavy atom. The number of nitrogens with one attached hydrogen (secondary N) is 1. The molecule has 0 aliphatic carbocycles.